The van der Waals surface area contributed by atoms with Gasteiger partial charge in [-0.2, -0.15) is 61.5 Å². The molecule has 0 bridgehead atoms. The first kappa shape index (κ1) is 39.3. The quantitative estimate of drug-likeness (QED) is 0.143. The highest BCUT2D eigenvalue weighted by molar-refractivity contribution is 5.61. The van der Waals surface area contributed by atoms with Crippen molar-refractivity contribution in [2.75, 3.05) is 11.5 Å². The molecule has 0 aliphatic heterocycles. The summed E-state index contributed by atoms with van der Waals surface area (Å²) in [7, 11) is 0. The molecule has 0 fully saturated rings. The van der Waals surface area contributed by atoms with E-state index in [2.05, 4.69) is 0 Å². The first-order valence-corrected chi connectivity index (χ1v) is 10.6. The van der Waals surface area contributed by atoms with Crippen LogP contribution in [0.25, 0.3) is 0 Å². The number of anilines is 2. The maximum atomic E-state index is 13.8. The van der Waals surface area contributed by atoms with Gasteiger partial charge in [0.15, 0.2) is 5.75 Å². The molecule has 2 aromatic carbocycles. The summed E-state index contributed by atoms with van der Waals surface area (Å²) in [5.74, 6) is -9.67. The van der Waals surface area contributed by atoms with Crippen LogP contribution >= 0.6 is 0 Å². The average molecular weight is 704 g/mol. The fourth-order valence-electron chi connectivity index (χ4n) is 3.17. The highest BCUT2D eigenvalue weighted by atomic mass is 19.4. The minimum atomic E-state index is -6.42. The Bertz CT molecular complexity index is 1360. The molecule has 2 rings (SSSR count). The maximum Gasteiger partial charge on any atom is 0.458 e. The van der Waals surface area contributed by atoms with Gasteiger partial charge in [0.25, 0.3) is 24.2 Å². The molecule has 4 nitrogen and oxygen atoms in total. The monoisotopic (exact) mass is 704 g/mol. The molecule has 0 aliphatic rings. The molecule has 0 aliphatic carbocycles. The van der Waals surface area contributed by atoms with Crippen molar-refractivity contribution >= 4 is 11.4 Å². The van der Waals surface area contributed by atoms with Crippen LogP contribution in [0.1, 0.15) is 22.3 Å². The van der Waals surface area contributed by atoms with Gasteiger partial charge >= 0.3 is 30.6 Å². The van der Waals surface area contributed by atoms with Gasteiger partial charge in [-0.3, -0.25) is 0 Å². The van der Waals surface area contributed by atoms with E-state index in [0.29, 0.717) is 0 Å². The number of phenols is 2. The lowest BCUT2D eigenvalue weighted by atomic mass is 9.91. The van der Waals surface area contributed by atoms with E-state index in [1.807, 2.05) is 0 Å². The van der Waals surface area contributed by atoms with Crippen molar-refractivity contribution in [3.05, 3.63) is 46.5 Å². The zero-order chi connectivity index (χ0) is 36.1. The molecule has 0 spiro atoms. The molecule has 24 heteroatoms. The Balaban J connectivity index is 0.000000454. The molecule has 6 N–H and O–H groups in total. The van der Waals surface area contributed by atoms with Gasteiger partial charge < -0.3 is 21.7 Å². The molecule has 0 heterocycles. The van der Waals surface area contributed by atoms with Crippen LogP contribution in [0.2, 0.25) is 0 Å². The number of nitrogens with two attached hydrogens (primary N) is 2. The van der Waals surface area contributed by atoms with Crippen LogP contribution in [0.15, 0.2) is 24.3 Å². The Kier molecular flexibility index (Phi) is 10.4. The van der Waals surface area contributed by atoms with Crippen LogP contribution in [0.4, 0.5) is 99.2 Å². The van der Waals surface area contributed by atoms with E-state index in [9.17, 15) is 87.8 Å². The number of nitrogen functional groups attached to an aromatic ring is 2. The van der Waals surface area contributed by atoms with E-state index < -0.39 is 112 Å². The number of halogens is 20. The van der Waals surface area contributed by atoms with Crippen LogP contribution < -0.4 is 11.5 Å². The molecule has 45 heavy (non-hydrogen) atoms. The topological polar surface area (TPSA) is 92.5 Å². The van der Waals surface area contributed by atoms with E-state index in [1.54, 1.807) is 0 Å². The minimum Gasteiger partial charge on any atom is -0.505 e. The third kappa shape index (κ3) is 7.07. The number of aromatic hydroxyl groups is 2. The maximum absolute atomic E-state index is 13.8. The van der Waals surface area contributed by atoms with Gasteiger partial charge in [0, 0.05) is 11.1 Å². The Morgan fingerprint density at radius 1 is 0.467 bits per heavy atom. The predicted molar refractivity (Wildman–Crippen MR) is 110 cm³/mol. The molecule has 2 atom stereocenters. The molecular formula is C21H12F20N2O2. The third-order valence-electron chi connectivity index (χ3n) is 5.55. The van der Waals surface area contributed by atoms with Crippen molar-refractivity contribution in [1.29, 1.82) is 0 Å². The van der Waals surface area contributed by atoms with Gasteiger partial charge in [-0.1, -0.05) is 0 Å². The zero-order valence-electron chi connectivity index (χ0n) is 20.6. The summed E-state index contributed by atoms with van der Waals surface area (Å²) in [5, 5.41) is 18.2. The molecule has 0 amide bonds. The molecule has 2 unspecified atom stereocenters. The van der Waals surface area contributed by atoms with E-state index in [1.165, 1.54) is 0 Å². The number of hydrogen-bond donors (Lipinski definition) is 4. The van der Waals surface area contributed by atoms with Gasteiger partial charge in [-0.25, -0.2) is 26.3 Å². The second kappa shape index (κ2) is 11.9. The second-order valence-electron chi connectivity index (χ2n) is 8.51. The van der Waals surface area contributed by atoms with Gasteiger partial charge in [0.1, 0.15) is 5.75 Å². The number of alkyl halides is 20. The summed E-state index contributed by atoms with van der Waals surface area (Å²) in [6, 6.07) is -1.82. The van der Waals surface area contributed by atoms with Crippen molar-refractivity contribution < 1.29 is 98.0 Å². The van der Waals surface area contributed by atoms with Crippen LogP contribution in [-0.2, 0) is 23.4 Å². The molecule has 0 saturated heterocycles. The summed E-state index contributed by atoms with van der Waals surface area (Å²) >= 11 is 0. The Labute approximate surface area is 234 Å². The predicted octanol–water partition coefficient (Wildman–Crippen LogP) is 8.61. The lowest BCUT2D eigenvalue weighted by molar-refractivity contribution is -0.290. The van der Waals surface area contributed by atoms with E-state index in [4.69, 9.17) is 21.7 Å². The van der Waals surface area contributed by atoms with Crippen molar-refractivity contribution in [2.45, 2.75) is 54.8 Å². The molecule has 0 radical (unpaired) electrons. The summed E-state index contributed by atoms with van der Waals surface area (Å²) in [6.45, 7) is 0. The molecule has 0 aromatic heterocycles. The minimum absolute atomic E-state index is 0.121. The van der Waals surface area contributed by atoms with Gasteiger partial charge in [0.05, 0.1) is 22.5 Å². The summed E-state index contributed by atoms with van der Waals surface area (Å²) in [6.07, 6.45) is -33.9. The van der Waals surface area contributed by atoms with Crippen LogP contribution in [-0.4, -0.2) is 41.6 Å². The summed E-state index contributed by atoms with van der Waals surface area (Å²) < 4.78 is 253. The highest BCUT2D eigenvalue weighted by Gasteiger charge is 2.66. The molecule has 0 saturated carbocycles. The van der Waals surface area contributed by atoms with Crippen molar-refractivity contribution in [3.8, 4) is 11.5 Å². The number of hydrogen-bond acceptors (Lipinski definition) is 4. The number of phenolic OH excluding ortho intramolecular Hbond substituents is 2. The highest BCUT2D eigenvalue weighted by Crippen LogP contribution is 2.53. The largest absolute Gasteiger partial charge is 0.505 e. The Morgan fingerprint density at radius 3 is 1.00 bits per heavy atom. The van der Waals surface area contributed by atoms with Gasteiger partial charge in [-0.15, -0.1) is 0 Å². The first-order valence-electron chi connectivity index (χ1n) is 10.6. The number of benzene rings is 2. The Hall–Kier alpha value is -3.76. The van der Waals surface area contributed by atoms with E-state index in [0.717, 1.165) is 0 Å². The normalized spacial score (nSPS) is 16.2. The smallest absolute Gasteiger partial charge is 0.458 e. The van der Waals surface area contributed by atoms with Crippen molar-refractivity contribution in [3.63, 3.8) is 0 Å². The summed E-state index contributed by atoms with van der Waals surface area (Å²) in [5.41, 5.74) is -13.3. The first-order chi connectivity index (χ1) is 19.7. The lowest BCUT2D eigenvalue weighted by Crippen LogP contribution is -2.45. The van der Waals surface area contributed by atoms with Crippen molar-refractivity contribution in [2.24, 2.45) is 0 Å². The van der Waals surface area contributed by atoms with Gasteiger partial charge in [-0.05, 0) is 24.3 Å². The van der Waals surface area contributed by atoms with E-state index >= 15 is 0 Å². The molecule has 258 valence electrons. The Morgan fingerprint density at radius 2 is 0.756 bits per heavy atom. The summed E-state index contributed by atoms with van der Waals surface area (Å²) in [4.78, 5) is 0. The number of rotatable bonds is 5. The molecular weight excluding hydrogens is 692 g/mol. The molecule has 2 aromatic rings. The van der Waals surface area contributed by atoms with Crippen LogP contribution in [0.3, 0.4) is 0 Å². The fourth-order valence-corrected chi connectivity index (χ4v) is 3.17. The SMILES string of the molecule is Nc1cc(C(F)(C(F)F)C(F)(F)F)cc(C(F)(F)C(F)(F)F)c1O.Nc1cc(C(F)(C(F)F)C(F)(F)F)cc(C(F)(F)F)c1O. The standard InChI is InChI=1S/C11H6F11NO.C10H6F9NO/c12-7(13)8(14,10(17,18)19)3-1-4(6(24)5(23)2-3)9(15,16)11(20,21)22;11-7(12)8(13,10(17,18)19)3-1-4(9(14,15)16)6(21)5(20)2-3/h1-2,7,24H,23H2;1-2,7,21H,20H2. The lowest BCUT2D eigenvalue weighted by Gasteiger charge is -2.29. The average Bonchev–Trinajstić information content (AvgIpc) is 2.83. The fraction of sp³-hybridized carbons (Fsp3) is 0.429. The third-order valence-corrected chi connectivity index (χ3v) is 5.55. The second-order valence-corrected chi connectivity index (χ2v) is 8.51. The van der Waals surface area contributed by atoms with E-state index in [-0.39, 0.29) is 12.1 Å². The van der Waals surface area contributed by atoms with Crippen molar-refractivity contribution in [1.82, 2.24) is 0 Å². The zero-order valence-corrected chi connectivity index (χ0v) is 20.6. The van der Waals surface area contributed by atoms with Gasteiger partial charge in [0.2, 0.25) is 0 Å². The van der Waals surface area contributed by atoms with Crippen LogP contribution in [0, 0.1) is 0 Å². The van der Waals surface area contributed by atoms with Crippen LogP contribution in [0.5, 0.6) is 11.5 Å².